The van der Waals surface area contributed by atoms with Crippen molar-refractivity contribution in [2.45, 2.75) is 65.3 Å². The minimum atomic E-state index is 0.176. The van der Waals surface area contributed by atoms with E-state index in [1.165, 1.54) is 6.42 Å². The number of carbonyl (C=O) groups excluding carboxylic acids is 1. The molecule has 0 heterocycles. The van der Waals surface area contributed by atoms with Gasteiger partial charge in [0.1, 0.15) is 0 Å². The van der Waals surface area contributed by atoms with Gasteiger partial charge in [0, 0.05) is 25.6 Å². The van der Waals surface area contributed by atoms with Gasteiger partial charge in [-0.1, -0.05) is 20.8 Å². The van der Waals surface area contributed by atoms with E-state index in [1.54, 1.807) is 0 Å². The lowest BCUT2D eigenvalue weighted by Crippen LogP contribution is -2.45. The summed E-state index contributed by atoms with van der Waals surface area (Å²) in [6.45, 7) is 7.41. The van der Waals surface area contributed by atoms with Crippen LogP contribution in [-0.2, 0) is 4.79 Å². The summed E-state index contributed by atoms with van der Waals surface area (Å²) >= 11 is 0. The van der Waals surface area contributed by atoms with E-state index < -0.39 is 0 Å². The Kier molecular flexibility index (Phi) is 5.44. The molecule has 1 aliphatic carbocycles. The van der Waals surface area contributed by atoms with E-state index in [0.717, 1.165) is 25.8 Å². The fourth-order valence-electron chi connectivity index (χ4n) is 2.08. The largest absolute Gasteiger partial charge is 0.396 e. The Morgan fingerprint density at radius 2 is 2.00 bits per heavy atom. The van der Waals surface area contributed by atoms with Crippen molar-refractivity contribution in [2.75, 3.05) is 13.2 Å². The summed E-state index contributed by atoms with van der Waals surface area (Å²) < 4.78 is 0. The molecule has 0 aromatic rings. The summed E-state index contributed by atoms with van der Waals surface area (Å²) in [7, 11) is 0. The highest BCUT2D eigenvalue weighted by atomic mass is 16.3. The number of carbonyl (C=O) groups is 1. The van der Waals surface area contributed by atoms with Crippen LogP contribution in [-0.4, -0.2) is 35.1 Å². The van der Waals surface area contributed by atoms with Crippen LogP contribution in [0.5, 0.6) is 0 Å². The van der Waals surface area contributed by atoms with E-state index in [4.69, 9.17) is 5.11 Å². The Hall–Kier alpha value is -0.570. The van der Waals surface area contributed by atoms with E-state index in [0.29, 0.717) is 18.9 Å². The fourth-order valence-corrected chi connectivity index (χ4v) is 2.08. The van der Waals surface area contributed by atoms with Gasteiger partial charge in [-0.3, -0.25) is 4.79 Å². The lowest BCUT2D eigenvalue weighted by molar-refractivity contribution is -0.136. The van der Waals surface area contributed by atoms with Gasteiger partial charge < -0.3 is 10.0 Å². The predicted octanol–water partition coefficient (Wildman–Crippen LogP) is 2.58. The number of hydrogen-bond donors (Lipinski definition) is 1. The van der Waals surface area contributed by atoms with E-state index >= 15 is 0 Å². The molecule has 1 rings (SSSR count). The molecule has 0 spiro atoms. The molecule has 0 atom stereocenters. The molecule has 100 valence electrons. The highest BCUT2D eigenvalue weighted by Gasteiger charge is 2.28. The summed E-state index contributed by atoms with van der Waals surface area (Å²) in [5, 5.41) is 8.89. The molecule has 1 saturated carbocycles. The molecule has 17 heavy (non-hydrogen) atoms. The number of nitrogens with zero attached hydrogens (tertiary/aromatic N) is 1. The third-order valence-electron chi connectivity index (χ3n) is 3.48. The van der Waals surface area contributed by atoms with Gasteiger partial charge in [0.25, 0.3) is 0 Å². The van der Waals surface area contributed by atoms with Crippen LogP contribution in [0.25, 0.3) is 0 Å². The normalized spacial score (nSPS) is 16.7. The molecular weight excluding hydrogens is 214 g/mol. The quantitative estimate of drug-likeness (QED) is 0.776. The zero-order valence-corrected chi connectivity index (χ0v) is 11.5. The van der Waals surface area contributed by atoms with Gasteiger partial charge in [-0.2, -0.15) is 0 Å². The second kappa shape index (κ2) is 6.39. The van der Waals surface area contributed by atoms with Crippen LogP contribution in [0.3, 0.4) is 0 Å². The van der Waals surface area contributed by atoms with Crippen molar-refractivity contribution in [3.63, 3.8) is 0 Å². The second-order valence-corrected chi connectivity index (χ2v) is 6.31. The van der Waals surface area contributed by atoms with E-state index in [2.05, 4.69) is 20.8 Å². The van der Waals surface area contributed by atoms with Crippen molar-refractivity contribution in [3.8, 4) is 0 Å². The number of hydrogen-bond acceptors (Lipinski definition) is 2. The van der Waals surface area contributed by atoms with Crippen molar-refractivity contribution in [1.82, 2.24) is 4.90 Å². The van der Waals surface area contributed by atoms with Gasteiger partial charge in [-0.15, -0.1) is 0 Å². The highest BCUT2D eigenvalue weighted by molar-refractivity contribution is 5.76. The van der Waals surface area contributed by atoms with Gasteiger partial charge in [0.05, 0.1) is 0 Å². The monoisotopic (exact) mass is 241 g/mol. The molecule has 0 bridgehead atoms. The summed E-state index contributed by atoms with van der Waals surface area (Å²) in [6, 6.07) is 0.453. The summed E-state index contributed by atoms with van der Waals surface area (Å²) in [5.41, 5.74) is 0.220. The van der Waals surface area contributed by atoms with Crippen molar-refractivity contribution in [1.29, 1.82) is 0 Å². The Morgan fingerprint density at radius 3 is 2.41 bits per heavy atom. The van der Waals surface area contributed by atoms with Gasteiger partial charge in [0.15, 0.2) is 0 Å². The van der Waals surface area contributed by atoms with Crippen LogP contribution < -0.4 is 0 Å². The van der Waals surface area contributed by atoms with Crippen LogP contribution in [0.2, 0.25) is 0 Å². The second-order valence-electron chi connectivity index (χ2n) is 6.31. The van der Waals surface area contributed by atoms with Gasteiger partial charge in [-0.05, 0) is 37.5 Å². The highest BCUT2D eigenvalue weighted by Crippen LogP contribution is 2.27. The topological polar surface area (TPSA) is 40.5 Å². The summed E-state index contributed by atoms with van der Waals surface area (Å²) in [5.74, 6) is 0.276. The molecule has 3 nitrogen and oxygen atoms in total. The Morgan fingerprint density at radius 1 is 1.35 bits per heavy atom. The first kappa shape index (κ1) is 14.5. The number of amides is 1. The van der Waals surface area contributed by atoms with Crippen molar-refractivity contribution in [2.24, 2.45) is 5.41 Å². The summed E-state index contributed by atoms with van der Waals surface area (Å²) in [6.07, 6.45) is 5.82. The third kappa shape index (κ3) is 5.07. The van der Waals surface area contributed by atoms with Crippen LogP contribution in [0, 0.1) is 5.41 Å². The van der Waals surface area contributed by atoms with Gasteiger partial charge in [-0.25, -0.2) is 0 Å². The lowest BCUT2D eigenvalue weighted by atomic mass is 9.88. The van der Waals surface area contributed by atoms with Gasteiger partial charge >= 0.3 is 0 Å². The van der Waals surface area contributed by atoms with Crippen LogP contribution in [0.15, 0.2) is 0 Å². The van der Waals surface area contributed by atoms with Crippen molar-refractivity contribution >= 4 is 5.91 Å². The first-order valence-corrected chi connectivity index (χ1v) is 6.84. The number of aliphatic hydroxyl groups excluding tert-OH is 1. The van der Waals surface area contributed by atoms with Crippen molar-refractivity contribution in [3.05, 3.63) is 0 Å². The van der Waals surface area contributed by atoms with E-state index in [9.17, 15) is 4.79 Å². The molecule has 0 unspecified atom stereocenters. The first-order valence-electron chi connectivity index (χ1n) is 6.84. The van der Waals surface area contributed by atoms with Crippen LogP contribution in [0.4, 0.5) is 0 Å². The standard InChI is InChI=1S/C14H27NO2/c1-14(2,3)9-8-13(17)15(10-5-11-16)12-6-4-7-12/h12,16H,4-11H2,1-3H3. The zero-order valence-electron chi connectivity index (χ0n) is 11.5. The predicted molar refractivity (Wildman–Crippen MR) is 69.7 cm³/mol. The number of aliphatic hydroxyl groups is 1. The third-order valence-corrected chi connectivity index (χ3v) is 3.48. The Bertz CT molecular complexity index is 241. The smallest absolute Gasteiger partial charge is 0.222 e. The summed E-state index contributed by atoms with van der Waals surface area (Å²) in [4.78, 5) is 14.2. The molecular formula is C14H27NO2. The zero-order chi connectivity index (χ0) is 12.9. The maximum Gasteiger partial charge on any atom is 0.222 e. The molecule has 3 heteroatoms. The molecule has 1 amide bonds. The van der Waals surface area contributed by atoms with E-state index in [-0.39, 0.29) is 17.9 Å². The van der Waals surface area contributed by atoms with Crippen LogP contribution >= 0.6 is 0 Å². The SMILES string of the molecule is CC(C)(C)CCC(=O)N(CCCO)C1CCC1. The fraction of sp³-hybridized carbons (Fsp3) is 0.929. The van der Waals surface area contributed by atoms with Crippen LogP contribution in [0.1, 0.15) is 59.3 Å². The first-order chi connectivity index (χ1) is 7.94. The molecule has 0 radical (unpaired) electrons. The maximum atomic E-state index is 12.2. The maximum absolute atomic E-state index is 12.2. The number of rotatable bonds is 6. The molecule has 0 saturated heterocycles. The average molecular weight is 241 g/mol. The average Bonchev–Trinajstić information content (AvgIpc) is 2.16. The van der Waals surface area contributed by atoms with E-state index in [1.807, 2.05) is 4.90 Å². The van der Waals surface area contributed by atoms with Crippen molar-refractivity contribution < 1.29 is 9.90 Å². The van der Waals surface area contributed by atoms with Gasteiger partial charge in [0.2, 0.25) is 5.91 Å². The minimum Gasteiger partial charge on any atom is -0.396 e. The lowest BCUT2D eigenvalue weighted by Gasteiger charge is -2.38. The Labute approximate surface area is 105 Å². The molecule has 0 aromatic heterocycles. The molecule has 0 aromatic carbocycles. The molecule has 1 aliphatic rings. The minimum absolute atomic E-state index is 0.176. The molecule has 1 N–H and O–H groups in total. The molecule has 1 fully saturated rings. The molecule has 0 aliphatic heterocycles. The Balaban J connectivity index is 2.41.